The Labute approximate surface area is 122 Å². The highest BCUT2D eigenvalue weighted by molar-refractivity contribution is 6.34. The number of benzene rings is 1. The number of amides is 1. The number of carbonyl (C=O) groups is 1. The third-order valence-corrected chi connectivity index (χ3v) is 2.84. The Kier molecular flexibility index (Phi) is 4.63. The van der Waals surface area contributed by atoms with E-state index >= 15 is 0 Å². The second-order valence-corrected chi connectivity index (χ2v) is 4.93. The number of nitrogens with one attached hydrogen (secondary N) is 2. The first-order valence-corrected chi connectivity index (χ1v) is 6.66. The highest BCUT2D eigenvalue weighted by Crippen LogP contribution is 2.23. The van der Waals surface area contributed by atoms with Gasteiger partial charge in [0, 0.05) is 12.4 Å². The summed E-state index contributed by atoms with van der Waals surface area (Å²) in [6.07, 6.45) is 3.39. The van der Waals surface area contributed by atoms with E-state index < -0.39 is 0 Å². The smallest absolute Gasteiger partial charge is 0.253 e. The number of hydrogen-bond donors (Lipinski definition) is 2. The fraction of sp³-hybridized carbons (Fsp3) is 0.286. The van der Waals surface area contributed by atoms with Crippen LogP contribution in [0.15, 0.2) is 30.6 Å². The van der Waals surface area contributed by atoms with Crippen LogP contribution in [0.5, 0.6) is 5.75 Å². The summed E-state index contributed by atoms with van der Waals surface area (Å²) >= 11 is 6.10. The van der Waals surface area contributed by atoms with Gasteiger partial charge in [0.05, 0.1) is 23.2 Å². The predicted molar refractivity (Wildman–Crippen MR) is 77.0 cm³/mol. The highest BCUT2D eigenvalue weighted by Gasteiger charge is 2.12. The van der Waals surface area contributed by atoms with Crippen molar-refractivity contribution in [2.24, 2.45) is 0 Å². The van der Waals surface area contributed by atoms with Gasteiger partial charge in [-0.05, 0) is 32.0 Å². The van der Waals surface area contributed by atoms with Crippen molar-refractivity contribution >= 4 is 17.5 Å². The summed E-state index contributed by atoms with van der Waals surface area (Å²) < 4.78 is 5.52. The number of rotatable bonds is 5. The van der Waals surface area contributed by atoms with Gasteiger partial charge in [-0.15, -0.1) is 0 Å². The van der Waals surface area contributed by atoms with E-state index in [0.717, 1.165) is 0 Å². The molecule has 1 heterocycles. The van der Waals surface area contributed by atoms with Crippen molar-refractivity contribution in [2.45, 2.75) is 26.5 Å². The molecule has 1 aromatic carbocycles. The van der Waals surface area contributed by atoms with Crippen LogP contribution in [-0.2, 0) is 6.54 Å². The van der Waals surface area contributed by atoms with E-state index in [9.17, 15) is 4.79 Å². The zero-order chi connectivity index (χ0) is 14.5. The van der Waals surface area contributed by atoms with Crippen molar-refractivity contribution in [3.05, 3.63) is 47.0 Å². The van der Waals surface area contributed by atoms with Crippen LogP contribution in [0.1, 0.15) is 30.0 Å². The molecule has 0 spiro atoms. The molecule has 0 saturated heterocycles. The van der Waals surface area contributed by atoms with Crippen molar-refractivity contribution < 1.29 is 9.53 Å². The lowest BCUT2D eigenvalue weighted by Crippen LogP contribution is -2.23. The van der Waals surface area contributed by atoms with Crippen molar-refractivity contribution in [2.75, 3.05) is 0 Å². The third kappa shape index (κ3) is 3.74. The number of imidazole rings is 1. The van der Waals surface area contributed by atoms with Crippen LogP contribution in [0.25, 0.3) is 0 Å². The van der Waals surface area contributed by atoms with Crippen LogP contribution in [0.4, 0.5) is 0 Å². The van der Waals surface area contributed by atoms with Crippen molar-refractivity contribution in [3.8, 4) is 5.75 Å². The van der Waals surface area contributed by atoms with E-state index in [2.05, 4.69) is 15.3 Å². The monoisotopic (exact) mass is 293 g/mol. The number of aromatic amines is 1. The molecule has 2 N–H and O–H groups in total. The standard InChI is InChI=1S/C14H16ClN3O2/c1-9(2)20-10-3-4-11(12(15)7-10)14(19)18-8-13-16-5-6-17-13/h3-7,9H,8H2,1-2H3,(H,16,17)(H,18,19). The van der Waals surface area contributed by atoms with Gasteiger partial charge < -0.3 is 15.0 Å². The molecule has 0 radical (unpaired) electrons. The van der Waals surface area contributed by atoms with Crippen LogP contribution in [0.2, 0.25) is 5.02 Å². The lowest BCUT2D eigenvalue weighted by Gasteiger charge is -2.11. The summed E-state index contributed by atoms with van der Waals surface area (Å²) in [5.74, 6) is 1.09. The molecule has 5 nitrogen and oxygen atoms in total. The fourth-order valence-electron chi connectivity index (χ4n) is 1.68. The van der Waals surface area contributed by atoms with E-state index in [-0.39, 0.29) is 12.0 Å². The maximum absolute atomic E-state index is 12.0. The Balaban J connectivity index is 2.02. The molecule has 0 bridgehead atoms. The van der Waals surface area contributed by atoms with Gasteiger partial charge in [-0.25, -0.2) is 4.98 Å². The zero-order valence-electron chi connectivity index (χ0n) is 11.3. The highest BCUT2D eigenvalue weighted by atomic mass is 35.5. The maximum Gasteiger partial charge on any atom is 0.253 e. The Morgan fingerprint density at radius 1 is 1.50 bits per heavy atom. The van der Waals surface area contributed by atoms with Crippen LogP contribution < -0.4 is 10.1 Å². The second kappa shape index (κ2) is 6.43. The summed E-state index contributed by atoms with van der Waals surface area (Å²) in [6, 6.07) is 5.02. The molecular weight excluding hydrogens is 278 g/mol. The average Bonchev–Trinajstić information content (AvgIpc) is 2.88. The topological polar surface area (TPSA) is 67.0 Å². The fourth-order valence-corrected chi connectivity index (χ4v) is 1.94. The SMILES string of the molecule is CC(C)Oc1ccc(C(=O)NCc2ncc[nH]2)c(Cl)c1. The Bertz CT molecular complexity index is 582. The van der Waals surface area contributed by atoms with Crippen LogP contribution >= 0.6 is 11.6 Å². The number of H-pyrrole nitrogens is 1. The molecular formula is C14H16ClN3O2. The molecule has 1 aromatic heterocycles. The number of carbonyl (C=O) groups excluding carboxylic acids is 1. The molecule has 0 fully saturated rings. The Hall–Kier alpha value is -2.01. The molecule has 0 unspecified atom stereocenters. The molecule has 0 atom stereocenters. The first-order valence-electron chi connectivity index (χ1n) is 6.29. The molecule has 2 rings (SSSR count). The number of aromatic nitrogens is 2. The van der Waals surface area contributed by atoms with Gasteiger partial charge in [0.15, 0.2) is 0 Å². The largest absolute Gasteiger partial charge is 0.491 e. The van der Waals surface area contributed by atoms with Crippen molar-refractivity contribution in [3.63, 3.8) is 0 Å². The van der Waals surface area contributed by atoms with Gasteiger partial charge in [-0.2, -0.15) is 0 Å². The lowest BCUT2D eigenvalue weighted by molar-refractivity contribution is 0.0950. The number of ether oxygens (including phenoxy) is 1. The molecule has 0 aliphatic carbocycles. The van der Waals surface area contributed by atoms with Gasteiger partial charge in [-0.1, -0.05) is 11.6 Å². The number of halogens is 1. The molecule has 20 heavy (non-hydrogen) atoms. The minimum absolute atomic E-state index is 0.0599. The van der Waals surface area contributed by atoms with E-state index in [1.54, 1.807) is 30.6 Å². The van der Waals surface area contributed by atoms with Crippen molar-refractivity contribution in [1.82, 2.24) is 15.3 Å². The molecule has 2 aromatic rings. The van der Waals surface area contributed by atoms with Gasteiger partial charge in [-0.3, -0.25) is 4.79 Å². The molecule has 106 valence electrons. The quantitative estimate of drug-likeness (QED) is 0.891. The van der Waals surface area contributed by atoms with E-state index in [0.29, 0.717) is 28.7 Å². The first-order chi connectivity index (χ1) is 9.56. The molecule has 0 aliphatic rings. The minimum atomic E-state index is -0.248. The van der Waals surface area contributed by atoms with Gasteiger partial charge in [0.2, 0.25) is 0 Å². The normalized spacial score (nSPS) is 10.6. The number of hydrogen-bond acceptors (Lipinski definition) is 3. The van der Waals surface area contributed by atoms with Gasteiger partial charge >= 0.3 is 0 Å². The summed E-state index contributed by atoms with van der Waals surface area (Å²) in [7, 11) is 0. The average molecular weight is 294 g/mol. The Morgan fingerprint density at radius 2 is 2.30 bits per heavy atom. The van der Waals surface area contributed by atoms with Crippen LogP contribution in [-0.4, -0.2) is 22.0 Å². The van der Waals surface area contributed by atoms with E-state index in [1.165, 1.54) is 0 Å². The molecule has 0 aliphatic heterocycles. The number of nitrogens with zero attached hydrogens (tertiary/aromatic N) is 1. The van der Waals surface area contributed by atoms with Gasteiger partial charge in [0.25, 0.3) is 5.91 Å². The lowest BCUT2D eigenvalue weighted by atomic mass is 10.2. The van der Waals surface area contributed by atoms with Crippen LogP contribution in [0, 0.1) is 0 Å². The van der Waals surface area contributed by atoms with Crippen molar-refractivity contribution in [1.29, 1.82) is 0 Å². The second-order valence-electron chi connectivity index (χ2n) is 4.53. The third-order valence-electron chi connectivity index (χ3n) is 2.53. The molecule has 0 saturated carbocycles. The summed E-state index contributed by atoms with van der Waals surface area (Å²) in [4.78, 5) is 19.0. The van der Waals surface area contributed by atoms with E-state index in [4.69, 9.17) is 16.3 Å². The Morgan fingerprint density at radius 3 is 2.90 bits per heavy atom. The minimum Gasteiger partial charge on any atom is -0.491 e. The first kappa shape index (κ1) is 14.4. The van der Waals surface area contributed by atoms with E-state index in [1.807, 2.05) is 13.8 Å². The summed E-state index contributed by atoms with van der Waals surface area (Å²) in [6.45, 7) is 4.18. The predicted octanol–water partition coefficient (Wildman–Crippen LogP) is 2.78. The summed E-state index contributed by atoms with van der Waals surface area (Å²) in [5.41, 5.74) is 0.411. The zero-order valence-corrected chi connectivity index (χ0v) is 12.1. The van der Waals surface area contributed by atoms with Crippen LogP contribution in [0.3, 0.4) is 0 Å². The molecule has 6 heteroatoms. The summed E-state index contributed by atoms with van der Waals surface area (Å²) in [5, 5.41) is 3.11. The van der Waals surface area contributed by atoms with Gasteiger partial charge in [0.1, 0.15) is 11.6 Å². The maximum atomic E-state index is 12.0. The molecule has 1 amide bonds.